The molecule has 118 valence electrons. The summed E-state index contributed by atoms with van der Waals surface area (Å²) in [6.45, 7) is 9.63. The fraction of sp³-hybridized carbons (Fsp3) is 0.588. The third kappa shape index (κ3) is 5.79. The quantitative estimate of drug-likeness (QED) is 0.523. The molecule has 1 unspecified atom stereocenters. The Morgan fingerprint density at radius 1 is 1.29 bits per heavy atom. The Kier molecular flexibility index (Phi) is 6.88. The summed E-state index contributed by atoms with van der Waals surface area (Å²) in [6.07, 6.45) is 0.555. The normalized spacial score (nSPS) is 13.0. The molecule has 0 aliphatic rings. The highest BCUT2D eigenvalue weighted by Gasteiger charge is 2.23. The number of hydrogen-bond donors (Lipinski definition) is 0. The number of Topliss-reactive ketones (excluding diaryl/α,β-unsaturated/α-hetero) is 1. The molecule has 0 saturated heterocycles. The van der Waals surface area contributed by atoms with Crippen molar-refractivity contribution in [2.45, 2.75) is 34.1 Å². The highest BCUT2D eigenvalue weighted by atomic mass is 79.9. The zero-order chi connectivity index (χ0) is 16.0. The minimum Gasteiger partial charge on any atom is -0.490 e. The molecule has 0 radical (unpaired) electrons. The number of halogens is 1. The van der Waals surface area contributed by atoms with Crippen molar-refractivity contribution in [1.29, 1.82) is 0 Å². The van der Waals surface area contributed by atoms with Crippen molar-refractivity contribution in [3.63, 3.8) is 0 Å². The Labute approximate surface area is 136 Å². The lowest BCUT2D eigenvalue weighted by Gasteiger charge is -2.26. The number of methoxy groups -OCH3 is 1. The molecular weight excluding hydrogens is 332 g/mol. The molecule has 4 heteroatoms. The van der Waals surface area contributed by atoms with Crippen molar-refractivity contribution >= 4 is 21.7 Å². The van der Waals surface area contributed by atoms with Gasteiger partial charge in [0.1, 0.15) is 12.4 Å². The maximum Gasteiger partial charge on any atom is 0.163 e. The molecule has 0 fully saturated rings. The number of carbonyl (C=O) groups is 1. The highest BCUT2D eigenvalue weighted by Crippen LogP contribution is 2.31. The lowest BCUT2D eigenvalue weighted by molar-refractivity contribution is 0.0927. The van der Waals surface area contributed by atoms with Crippen LogP contribution in [0, 0.1) is 11.3 Å². The highest BCUT2D eigenvalue weighted by molar-refractivity contribution is 9.10. The largest absolute Gasteiger partial charge is 0.490 e. The zero-order valence-corrected chi connectivity index (χ0v) is 15.1. The molecule has 0 heterocycles. The van der Waals surface area contributed by atoms with Gasteiger partial charge in [0.15, 0.2) is 5.78 Å². The van der Waals surface area contributed by atoms with Gasteiger partial charge >= 0.3 is 0 Å². The van der Waals surface area contributed by atoms with Crippen LogP contribution >= 0.6 is 15.9 Å². The SMILES string of the molecule is COCCOc1ccc(C(=O)CC(C)C(C)(C)C)cc1Br. The van der Waals surface area contributed by atoms with E-state index in [-0.39, 0.29) is 11.2 Å². The van der Waals surface area contributed by atoms with Crippen molar-refractivity contribution in [1.82, 2.24) is 0 Å². The molecule has 0 N–H and O–H groups in total. The molecule has 0 aliphatic carbocycles. The number of benzene rings is 1. The monoisotopic (exact) mass is 356 g/mol. The molecule has 0 aromatic heterocycles. The number of carbonyl (C=O) groups excluding carboxylic acids is 1. The molecule has 1 aromatic carbocycles. The molecule has 0 bridgehead atoms. The first kappa shape index (κ1) is 18.2. The van der Waals surface area contributed by atoms with Crippen LogP contribution in [0.1, 0.15) is 44.5 Å². The van der Waals surface area contributed by atoms with Gasteiger partial charge in [0.05, 0.1) is 11.1 Å². The third-order valence-electron chi connectivity index (χ3n) is 3.77. The zero-order valence-electron chi connectivity index (χ0n) is 13.5. The number of ketones is 1. The van der Waals surface area contributed by atoms with Gasteiger partial charge in [0.2, 0.25) is 0 Å². The molecule has 0 aliphatic heterocycles. The van der Waals surface area contributed by atoms with Gasteiger partial charge in [-0.2, -0.15) is 0 Å². The van der Waals surface area contributed by atoms with E-state index in [4.69, 9.17) is 9.47 Å². The maximum absolute atomic E-state index is 12.3. The van der Waals surface area contributed by atoms with Crippen LogP contribution in [0.3, 0.4) is 0 Å². The van der Waals surface area contributed by atoms with Gasteiger partial charge in [0, 0.05) is 19.1 Å². The van der Waals surface area contributed by atoms with Crippen LogP contribution in [-0.4, -0.2) is 26.1 Å². The topological polar surface area (TPSA) is 35.5 Å². The first-order valence-corrected chi connectivity index (χ1v) is 7.99. The Morgan fingerprint density at radius 2 is 1.95 bits per heavy atom. The van der Waals surface area contributed by atoms with Crippen LogP contribution in [0.15, 0.2) is 22.7 Å². The summed E-state index contributed by atoms with van der Waals surface area (Å²) in [7, 11) is 1.64. The van der Waals surface area contributed by atoms with Gasteiger partial charge in [-0.15, -0.1) is 0 Å². The van der Waals surface area contributed by atoms with Crippen molar-refractivity contribution in [3.8, 4) is 5.75 Å². The van der Waals surface area contributed by atoms with E-state index < -0.39 is 0 Å². The van der Waals surface area contributed by atoms with Crippen LogP contribution in [-0.2, 0) is 4.74 Å². The van der Waals surface area contributed by atoms with Crippen LogP contribution < -0.4 is 4.74 Å². The molecule has 0 amide bonds. The molecule has 21 heavy (non-hydrogen) atoms. The standard InChI is InChI=1S/C17H25BrO3/c1-12(17(2,3)4)10-15(19)13-6-7-16(14(18)11-13)21-9-8-20-5/h6-7,11-12H,8-10H2,1-5H3. The van der Waals surface area contributed by atoms with Gasteiger partial charge < -0.3 is 9.47 Å². The van der Waals surface area contributed by atoms with Crippen molar-refractivity contribution < 1.29 is 14.3 Å². The average molecular weight is 357 g/mol. The predicted octanol–water partition coefficient (Wildman–Crippen LogP) is 4.73. The summed E-state index contributed by atoms with van der Waals surface area (Å²) in [6, 6.07) is 5.49. The predicted molar refractivity (Wildman–Crippen MR) is 89.1 cm³/mol. The van der Waals surface area contributed by atoms with Gasteiger partial charge in [-0.3, -0.25) is 4.79 Å². The van der Waals surface area contributed by atoms with E-state index in [9.17, 15) is 4.79 Å². The second-order valence-corrected chi connectivity index (χ2v) is 7.24. The van der Waals surface area contributed by atoms with E-state index in [0.717, 1.165) is 15.8 Å². The average Bonchev–Trinajstić information content (AvgIpc) is 2.39. The lowest BCUT2D eigenvalue weighted by atomic mass is 9.78. The summed E-state index contributed by atoms with van der Waals surface area (Å²) in [5, 5.41) is 0. The van der Waals surface area contributed by atoms with E-state index in [1.54, 1.807) is 7.11 Å². The minimum absolute atomic E-state index is 0.135. The molecule has 3 nitrogen and oxygen atoms in total. The first-order valence-electron chi connectivity index (χ1n) is 7.20. The summed E-state index contributed by atoms with van der Waals surface area (Å²) >= 11 is 3.46. The van der Waals surface area contributed by atoms with Crippen molar-refractivity contribution in [2.75, 3.05) is 20.3 Å². The summed E-state index contributed by atoms with van der Waals surface area (Å²) < 4.78 is 11.3. The fourth-order valence-electron chi connectivity index (χ4n) is 1.73. The summed E-state index contributed by atoms with van der Waals surface area (Å²) in [5.41, 5.74) is 0.855. The van der Waals surface area contributed by atoms with E-state index in [0.29, 0.717) is 25.6 Å². The van der Waals surface area contributed by atoms with Crippen LogP contribution in [0.4, 0.5) is 0 Å². The second kappa shape index (κ2) is 7.95. The lowest BCUT2D eigenvalue weighted by Crippen LogP contribution is -2.20. The summed E-state index contributed by atoms with van der Waals surface area (Å²) in [4.78, 5) is 12.3. The Balaban J connectivity index is 2.72. The molecule has 1 rings (SSSR count). The van der Waals surface area contributed by atoms with Crippen molar-refractivity contribution in [3.05, 3.63) is 28.2 Å². The van der Waals surface area contributed by atoms with Gasteiger partial charge in [-0.1, -0.05) is 27.7 Å². The Bertz CT molecular complexity index is 477. The van der Waals surface area contributed by atoms with Crippen molar-refractivity contribution in [2.24, 2.45) is 11.3 Å². The molecule has 1 atom stereocenters. The van der Waals surface area contributed by atoms with Crippen LogP contribution in [0.5, 0.6) is 5.75 Å². The van der Waals surface area contributed by atoms with E-state index >= 15 is 0 Å². The Hall–Kier alpha value is -0.870. The van der Waals surface area contributed by atoms with Gasteiger partial charge in [-0.05, 0) is 45.5 Å². The number of rotatable bonds is 7. The van der Waals surface area contributed by atoms with Crippen LogP contribution in [0.25, 0.3) is 0 Å². The number of ether oxygens (including phenoxy) is 2. The fourth-order valence-corrected chi connectivity index (χ4v) is 2.22. The number of hydrogen-bond acceptors (Lipinski definition) is 3. The third-order valence-corrected chi connectivity index (χ3v) is 4.39. The second-order valence-electron chi connectivity index (χ2n) is 6.38. The van der Waals surface area contributed by atoms with E-state index in [1.165, 1.54) is 0 Å². The molecule has 0 spiro atoms. The van der Waals surface area contributed by atoms with E-state index in [2.05, 4.69) is 43.6 Å². The molecule has 1 aromatic rings. The van der Waals surface area contributed by atoms with Crippen LogP contribution in [0.2, 0.25) is 0 Å². The van der Waals surface area contributed by atoms with E-state index in [1.807, 2.05) is 18.2 Å². The Morgan fingerprint density at radius 3 is 2.48 bits per heavy atom. The van der Waals surface area contributed by atoms with Gasteiger partial charge in [-0.25, -0.2) is 0 Å². The summed E-state index contributed by atoms with van der Waals surface area (Å²) in [5.74, 6) is 1.23. The first-order chi connectivity index (χ1) is 9.75. The minimum atomic E-state index is 0.135. The maximum atomic E-state index is 12.3. The smallest absolute Gasteiger partial charge is 0.163 e. The molecular formula is C17H25BrO3. The molecule has 0 saturated carbocycles. The van der Waals surface area contributed by atoms with Gasteiger partial charge in [0.25, 0.3) is 0 Å².